The zero-order valence-corrected chi connectivity index (χ0v) is 16.5. The van der Waals surface area contributed by atoms with Gasteiger partial charge in [-0.3, -0.25) is 4.79 Å². The van der Waals surface area contributed by atoms with E-state index in [4.69, 9.17) is 18.9 Å². The molecule has 0 aromatic heterocycles. The molecule has 0 heterocycles. The number of hydrogen-bond acceptors (Lipinski definition) is 6. The summed E-state index contributed by atoms with van der Waals surface area (Å²) in [5.74, 6) is 0.388. The lowest BCUT2D eigenvalue weighted by molar-refractivity contribution is -0.148. The van der Waals surface area contributed by atoms with Crippen molar-refractivity contribution in [2.45, 2.75) is 20.8 Å². The third kappa shape index (κ3) is 6.01. The number of esters is 2. The van der Waals surface area contributed by atoms with Crippen LogP contribution in [0, 0.1) is 5.92 Å². The third-order valence-electron chi connectivity index (χ3n) is 3.81. The summed E-state index contributed by atoms with van der Waals surface area (Å²) in [4.78, 5) is 22.9. The molecular formula is C22H26O6. The van der Waals surface area contributed by atoms with Crippen LogP contribution >= 0.6 is 0 Å². The van der Waals surface area contributed by atoms with Gasteiger partial charge in [0.15, 0.2) is 0 Å². The van der Waals surface area contributed by atoms with Crippen LogP contribution in [0.25, 0.3) is 10.8 Å². The van der Waals surface area contributed by atoms with Crippen molar-refractivity contribution in [3.8, 4) is 11.5 Å². The Kier molecular flexibility index (Phi) is 7.87. The molecule has 0 unspecified atom stereocenters. The van der Waals surface area contributed by atoms with Crippen LogP contribution in [0.15, 0.2) is 48.6 Å². The standard InChI is InChI=1S/C22H26O6/c1-15(2)21(23)27-13-11-25-18-9-5-7-17-8-6-10-19(20(17)18)26-12-14-28-22(24)16(3)4/h5-10,16H,1,11-14H2,2-4H3. The molecule has 0 aliphatic carbocycles. The molecule has 6 heteroatoms. The molecule has 0 atom stereocenters. The first kappa shape index (κ1) is 21.3. The van der Waals surface area contributed by atoms with E-state index in [1.54, 1.807) is 20.8 Å². The second kappa shape index (κ2) is 10.3. The lowest BCUT2D eigenvalue weighted by Gasteiger charge is -2.14. The zero-order chi connectivity index (χ0) is 20.5. The van der Waals surface area contributed by atoms with Gasteiger partial charge in [0.2, 0.25) is 0 Å². The van der Waals surface area contributed by atoms with E-state index < -0.39 is 5.97 Å². The van der Waals surface area contributed by atoms with Crippen molar-refractivity contribution in [3.05, 3.63) is 48.6 Å². The van der Waals surface area contributed by atoms with Gasteiger partial charge in [-0.2, -0.15) is 0 Å². The molecule has 0 N–H and O–H groups in total. The van der Waals surface area contributed by atoms with E-state index in [1.807, 2.05) is 36.4 Å². The molecule has 0 bridgehead atoms. The molecule has 28 heavy (non-hydrogen) atoms. The van der Waals surface area contributed by atoms with E-state index in [2.05, 4.69) is 6.58 Å². The minimum Gasteiger partial charge on any atom is -0.489 e. The quantitative estimate of drug-likeness (QED) is 0.350. The summed E-state index contributed by atoms with van der Waals surface area (Å²) < 4.78 is 21.8. The largest absolute Gasteiger partial charge is 0.489 e. The topological polar surface area (TPSA) is 71.1 Å². The summed E-state index contributed by atoms with van der Waals surface area (Å²) in [6, 6.07) is 11.3. The molecule has 0 aliphatic heterocycles. The van der Waals surface area contributed by atoms with Gasteiger partial charge in [0.1, 0.15) is 37.9 Å². The van der Waals surface area contributed by atoms with Crippen LogP contribution in [0.2, 0.25) is 0 Å². The highest BCUT2D eigenvalue weighted by molar-refractivity contribution is 5.93. The number of carbonyl (C=O) groups is 2. The third-order valence-corrected chi connectivity index (χ3v) is 3.81. The molecule has 0 fully saturated rings. The van der Waals surface area contributed by atoms with Crippen molar-refractivity contribution in [2.75, 3.05) is 26.4 Å². The van der Waals surface area contributed by atoms with Crippen molar-refractivity contribution in [1.82, 2.24) is 0 Å². The van der Waals surface area contributed by atoms with Crippen LogP contribution in [0.1, 0.15) is 20.8 Å². The summed E-state index contributed by atoms with van der Waals surface area (Å²) in [5.41, 5.74) is 0.346. The number of fused-ring (bicyclic) bond motifs is 1. The van der Waals surface area contributed by atoms with Crippen LogP contribution in [0.4, 0.5) is 0 Å². The van der Waals surface area contributed by atoms with Crippen molar-refractivity contribution < 1.29 is 28.5 Å². The Bertz CT molecular complexity index is 835. The van der Waals surface area contributed by atoms with E-state index in [1.165, 1.54) is 0 Å². The summed E-state index contributed by atoms with van der Waals surface area (Å²) >= 11 is 0. The fourth-order valence-electron chi connectivity index (χ4n) is 2.38. The Morgan fingerprint density at radius 1 is 0.893 bits per heavy atom. The van der Waals surface area contributed by atoms with Crippen LogP contribution in [0.5, 0.6) is 11.5 Å². The minimum absolute atomic E-state index is 0.121. The first-order valence-electron chi connectivity index (χ1n) is 9.16. The molecule has 0 saturated carbocycles. The fourth-order valence-corrected chi connectivity index (χ4v) is 2.38. The van der Waals surface area contributed by atoms with Gasteiger partial charge in [-0.25, -0.2) is 4.79 Å². The SMILES string of the molecule is C=C(C)C(=O)OCCOc1cccc2cccc(OCCOC(=O)C(C)C)c12. The zero-order valence-electron chi connectivity index (χ0n) is 16.5. The van der Waals surface area contributed by atoms with Gasteiger partial charge in [0.25, 0.3) is 0 Å². The predicted molar refractivity (Wildman–Crippen MR) is 107 cm³/mol. The van der Waals surface area contributed by atoms with Gasteiger partial charge < -0.3 is 18.9 Å². The maximum atomic E-state index is 11.5. The summed E-state index contributed by atoms with van der Waals surface area (Å²) in [6.07, 6.45) is 0. The van der Waals surface area contributed by atoms with E-state index in [0.717, 1.165) is 10.8 Å². The second-order valence-electron chi connectivity index (χ2n) is 6.55. The first-order valence-corrected chi connectivity index (χ1v) is 9.16. The number of ether oxygens (including phenoxy) is 4. The minimum atomic E-state index is -0.443. The highest BCUT2D eigenvalue weighted by Gasteiger charge is 2.11. The monoisotopic (exact) mass is 386 g/mol. The van der Waals surface area contributed by atoms with Gasteiger partial charge >= 0.3 is 11.9 Å². The van der Waals surface area contributed by atoms with E-state index in [0.29, 0.717) is 17.1 Å². The lowest BCUT2D eigenvalue weighted by atomic mass is 10.1. The highest BCUT2D eigenvalue weighted by Crippen LogP contribution is 2.34. The number of carbonyl (C=O) groups excluding carboxylic acids is 2. The molecule has 2 rings (SSSR count). The second-order valence-corrected chi connectivity index (χ2v) is 6.55. The Hall–Kier alpha value is -3.02. The lowest BCUT2D eigenvalue weighted by Crippen LogP contribution is -2.16. The van der Waals surface area contributed by atoms with Crippen molar-refractivity contribution in [2.24, 2.45) is 5.92 Å². The molecule has 0 radical (unpaired) electrons. The van der Waals surface area contributed by atoms with Gasteiger partial charge in [0.05, 0.1) is 11.3 Å². The van der Waals surface area contributed by atoms with Crippen LogP contribution < -0.4 is 9.47 Å². The summed E-state index contributed by atoms with van der Waals surface area (Å²) in [5, 5.41) is 1.76. The first-order chi connectivity index (χ1) is 13.4. The number of benzene rings is 2. The van der Waals surface area contributed by atoms with Gasteiger partial charge in [-0.15, -0.1) is 0 Å². The molecule has 0 aliphatic rings. The van der Waals surface area contributed by atoms with Gasteiger partial charge in [0, 0.05) is 5.57 Å². The average Bonchev–Trinajstić information content (AvgIpc) is 2.67. The maximum absolute atomic E-state index is 11.5. The van der Waals surface area contributed by atoms with Crippen molar-refractivity contribution in [3.63, 3.8) is 0 Å². The van der Waals surface area contributed by atoms with Crippen LogP contribution in [-0.4, -0.2) is 38.4 Å². The average molecular weight is 386 g/mol. The fraction of sp³-hybridized carbons (Fsp3) is 0.364. The Balaban J connectivity index is 2.01. The molecular weight excluding hydrogens is 360 g/mol. The number of hydrogen-bond donors (Lipinski definition) is 0. The van der Waals surface area contributed by atoms with E-state index in [9.17, 15) is 9.59 Å². The van der Waals surface area contributed by atoms with Crippen molar-refractivity contribution >= 4 is 22.7 Å². The molecule has 0 spiro atoms. The highest BCUT2D eigenvalue weighted by atomic mass is 16.6. The molecule has 6 nitrogen and oxygen atoms in total. The van der Waals surface area contributed by atoms with Gasteiger partial charge in [-0.1, -0.05) is 44.7 Å². The normalized spacial score (nSPS) is 10.6. The molecule has 2 aromatic rings. The molecule has 0 saturated heterocycles. The molecule has 150 valence electrons. The Labute approximate surface area is 165 Å². The maximum Gasteiger partial charge on any atom is 0.333 e. The smallest absolute Gasteiger partial charge is 0.333 e. The van der Waals surface area contributed by atoms with Crippen LogP contribution in [0.3, 0.4) is 0 Å². The van der Waals surface area contributed by atoms with Gasteiger partial charge in [-0.05, 0) is 24.4 Å². The summed E-state index contributed by atoms with van der Waals surface area (Å²) in [6.45, 7) is 9.44. The van der Waals surface area contributed by atoms with E-state index in [-0.39, 0.29) is 38.3 Å². The molecule has 0 amide bonds. The Morgan fingerprint density at radius 3 is 1.93 bits per heavy atom. The van der Waals surface area contributed by atoms with E-state index >= 15 is 0 Å². The number of rotatable bonds is 10. The van der Waals surface area contributed by atoms with Crippen LogP contribution in [-0.2, 0) is 19.1 Å². The predicted octanol–water partition coefficient (Wildman–Crippen LogP) is 3.92. The Morgan fingerprint density at radius 2 is 1.43 bits per heavy atom. The summed E-state index contributed by atoms with van der Waals surface area (Å²) in [7, 11) is 0. The van der Waals surface area contributed by atoms with Crippen molar-refractivity contribution in [1.29, 1.82) is 0 Å². The molecule has 2 aromatic carbocycles.